The van der Waals surface area contributed by atoms with Gasteiger partial charge in [-0.2, -0.15) is 10.9 Å². The third-order valence-corrected chi connectivity index (χ3v) is 4.53. The van der Waals surface area contributed by atoms with Crippen molar-refractivity contribution in [3.63, 3.8) is 0 Å². The highest BCUT2D eigenvalue weighted by molar-refractivity contribution is 8.32. The van der Waals surface area contributed by atoms with Crippen molar-refractivity contribution in [2.24, 2.45) is 0 Å². The van der Waals surface area contributed by atoms with Gasteiger partial charge in [-0.25, -0.2) is 0 Å². The molecule has 54 valence electrons. The molecule has 0 amide bonds. The Kier molecular flexibility index (Phi) is 2.86. The van der Waals surface area contributed by atoms with E-state index in [0.717, 1.165) is 11.5 Å². The minimum absolute atomic E-state index is 0.0651. The zero-order chi connectivity index (χ0) is 6.69. The number of halogens is 1. The number of carbonyl (C=O) groups excluding carboxylic acids is 1. The van der Waals surface area contributed by atoms with Gasteiger partial charge in [0.05, 0.1) is 0 Å². The average molecular weight is 167 g/mol. The Morgan fingerprint density at radius 3 is 2.11 bits per heavy atom. The third-order valence-electron chi connectivity index (χ3n) is 1.60. The summed E-state index contributed by atoms with van der Waals surface area (Å²) >= 11 is 5.35. The first kappa shape index (κ1) is 7.42. The summed E-state index contributed by atoms with van der Waals surface area (Å²) in [4.78, 5) is 10.6. The van der Waals surface area contributed by atoms with E-state index in [1.807, 2.05) is 0 Å². The molecule has 0 N–H and O–H groups in total. The normalized spacial score (nSPS) is 23.9. The van der Waals surface area contributed by atoms with E-state index in [1.165, 1.54) is 19.3 Å². The summed E-state index contributed by atoms with van der Waals surface area (Å²) in [6, 6.07) is 0. The van der Waals surface area contributed by atoms with Crippen molar-refractivity contribution in [3.8, 4) is 0 Å². The zero-order valence-corrected chi connectivity index (χ0v) is 6.92. The van der Waals surface area contributed by atoms with E-state index < -0.39 is 10.9 Å². The van der Waals surface area contributed by atoms with Crippen molar-refractivity contribution < 1.29 is 4.79 Å². The van der Waals surface area contributed by atoms with E-state index in [4.69, 9.17) is 11.6 Å². The quantitative estimate of drug-likeness (QED) is 0.432. The van der Waals surface area contributed by atoms with Crippen LogP contribution < -0.4 is 0 Å². The molecule has 0 bridgehead atoms. The van der Waals surface area contributed by atoms with Gasteiger partial charge in [0.1, 0.15) is 0 Å². The summed E-state index contributed by atoms with van der Waals surface area (Å²) in [6.45, 7) is 0. The molecule has 1 nitrogen and oxygen atoms in total. The van der Waals surface area contributed by atoms with E-state index >= 15 is 0 Å². The molecule has 1 aliphatic rings. The predicted octanol–water partition coefficient (Wildman–Crippen LogP) is 2.53. The van der Waals surface area contributed by atoms with Crippen LogP contribution in [0.3, 0.4) is 0 Å². The lowest BCUT2D eigenvalue weighted by molar-refractivity contribution is 0.275. The second-order valence-electron chi connectivity index (χ2n) is 2.30. The predicted molar refractivity (Wildman–Crippen MR) is 43.8 cm³/mol. The first-order chi connectivity index (χ1) is 4.30. The van der Waals surface area contributed by atoms with Crippen LogP contribution >= 0.6 is 22.5 Å². The lowest BCUT2D eigenvalue weighted by Crippen LogP contribution is -2.05. The van der Waals surface area contributed by atoms with Crippen LogP contribution in [-0.2, 0) is 0 Å². The fourth-order valence-corrected chi connectivity index (χ4v) is 3.36. The molecule has 1 fully saturated rings. The maximum atomic E-state index is 10.6. The van der Waals surface area contributed by atoms with E-state index in [-0.39, 0.29) is 4.57 Å². The van der Waals surface area contributed by atoms with Gasteiger partial charge in [0.25, 0.3) is 4.57 Å². The van der Waals surface area contributed by atoms with Crippen LogP contribution in [0.25, 0.3) is 0 Å². The largest absolute Gasteiger partial charge is 0.270 e. The van der Waals surface area contributed by atoms with Gasteiger partial charge in [0.2, 0.25) is 0 Å². The first-order valence-corrected chi connectivity index (χ1v) is 5.34. The smallest absolute Gasteiger partial charge is 0.259 e. The maximum Gasteiger partial charge on any atom is 0.259 e. The third kappa shape index (κ3) is 2.18. The van der Waals surface area contributed by atoms with Crippen LogP contribution in [0.1, 0.15) is 19.3 Å². The first-order valence-electron chi connectivity index (χ1n) is 3.25. The van der Waals surface area contributed by atoms with Crippen LogP contribution in [0.2, 0.25) is 0 Å². The average Bonchev–Trinajstić information content (AvgIpc) is 1.90. The number of rotatable bonds is 0. The Labute approximate surface area is 63.1 Å². The molecule has 0 saturated carbocycles. The molecule has 0 atom stereocenters. The summed E-state index contributed by atoms with van der Waals surface area (Å²) in [7, 11) is -0.404. The van der Waals surface area contributed by atoms with Crippen molar-refractivity contribution in [2.45, 2.75) is 19.3 Å². The van der Waals surface area contributed by atoms with Crippen LogP contribution in [0.4, 0.5) is 4.79 Å². The molecule has 1 saturated heterocycles. The van der Waals surface area contributed by atoms with Crippen molar-refractivity contribution in [2.75, 3.05) is 11.5 Å². The molecule has 0 spiro atoms. The number of carbonyl (C=O) groups is 1. The second-order valence-corrected chi connectivity index (χ2v) is 5.29. The van der Waals surface area contributed by atoms with Gasteiger partial charge in [-0.15, -0.1) is 0 Å². The molecular weight excluding hydrogens is 156 g/mol. The molecule has 9 heavy (non-hydrogen) atoms. The molecule has 0 aromatic carbocycles. The Bertz CT molecular complexity index is 110. The molecule has 1 heterocycles. The van der Waals surface area contributed by atoms with Crippen LogP contribution in [0, 0.1) is 0 Å². The Morgan fingerprint density at radius 2 is 1.78 bits per heavy atom. The fourth-order valence-electron chi connectivity index (χ4n) is 1.07. The summed E-state index contributed by atoms with van der Waals surface area (Å²) in [5, 5.41) is 0. The van der Waals surface area contributed by atoms with Crippen LogP contribution in [0.5, 0.6) is 0 Å². The van der Waals surface area contributed by atoms with E-state index in [2.05, 4.69) is 0 Å². The number of thiol groups is 1. The second kappa shape index (κ2) is 3.47. The molecule has 0 aliphatic carbocycles. The fraction of sp³-hybridized carbons (Fsp3) is 0.833. The SMILES string of the molecule is O=C(Cl)[SH]1CCCCC1. The van der Waals surface area contributed by atoms with Crippen molar-refractivity contribution in [3.05, 3.63) is 0 Å². The highest BCUT2D eigenvalue weighted by Gasteiger charge is 2.14. The van der Waals surface area contributed by atoms with Crippen LogP contribution in [-0.4, -0.2) is 16.1 Å². The summed E-state index contributed by atoms with van der Waals surface area (Å²) in [5.41, 5.74) is 0. The molecule has 3 heteroatoms. The van der Waals surface area contributed by atoms with Gasteiger partial charge >= 0.3 is 0 Å². The monoisotopic (exact) mass is 166 g/mol. The van der Waals surface area contributed by atoms with Gasteiger partial charge in [-0.3, -0.25) is 4.79 Å². The van der Waals surface area contributed by atoms with Gasteiger partial charge < -0.3 is 0 Å². The lowest BCUT2D eigenvalue weighted by atomic mass is 10.3. The van der Waals surface area contributed by atoms with Crippen molar-refractivity contribution in [1.82, 2.24) is 0 Å². The minimum atomic E-state index is -0.404. The molecule has 1 rings (SSSR count). The molecule has 0 aromatic rings. The molecule has 0 aromatic heterocycles. The van der Waals surface area contributed by atoms with Gasteiger partial charge in [-0.1, -0.05) is 6.42 Å². The molecular formula is C6H11ClOS. The standard InChI is InChI=1S/C6H11ClOS/c7-6(8)9-4-2-1-3-5-9/h9H,1-5H2. The topological polar surface area (TPSA) is 17.1 Å². The lowest BCUT2D eigenvalue weighted by Gasteiger charge is -2.20. The molecule has 1 aliphatic heterocycles. The molecule has 0 radical (unpaired) electrons. The van der Waals surface area contributed by atoms with Crippen molar-refractivity contribution in [1.29, 1.82) is 0 Å². The minimum Gasteiger partial charge on any atom is -0.270 e. The van der Waals surface area contributed by atoms with Gasteiger partial charge in [0.15, 0.2) is 0 Å². The maximum absolute atomic E-state index is 10.6. The van der Waals surface area contributed by atoms with E-state index in [9.17, 15) is 4.79 Å². The summed E-state index contributed by atoms with van der Waals surface area (Å²) < 4.78 is -0.0651. The number of hydrogen-bond donors (Lipinski definition) is 1. The Hall–Kier alpha value is 0.310. The highest BCUT2D eigenvalue weighted by atomic mass is 35.5. The number of hydrogen-bond acceptors (Lipinski definition) is 1. The van der Waals surface area contributed by atoms with E-state index in [0.29, 0.717) is 0 Å². The Balaban J connectivity index is 2.31. The summed E-state index contributed by atoms with van der Waals surface area (Å²) in [6.07, 6.45) is 3.72. The van der Waals surface area contributed by atoms with E-state index in [1.54, 1.807) is 0 Å². The highest BCUT2D eigenvalue weighted by Crippen LogP contribution is 2.35. The van der Waals surface area contributed by atoms with Gasteiger partial charge in [0, 0.05) is 0 Å². The van der Waals surface area contributed by atoms with Crippen LogP contribution in [0.15, 0.2) is 0 Å². The summed E-state index contributed by atoms with van der Waals surface area (Å²) in [5.74, 6) is 2.16. The van der Waals surface area contributed by atoms with Crippen molar-refractivity contribution >= 4 is 27.1 Å². The Morgan fingerprint density at radius 1 is 1.22 bits per heavy atom. The molecule has 0 unspecified atom stereocenters. The zero-order valence-electron chi connectivity index (χ0n) is 5.27. The van der Waals surface area contributed by atoms with Gasteiger partial charge in [-0.05, 0) is 35.9 Å².